The highest BCUT2D eigenvalue weighted by Gasteiger charge is 2.27. The summed E-state index contributed by atoms with van der Waals surface area (Å²) in [7, 11) is 1.37. The minimum absolute atomic E-state index is 0.177. The zero-order valence-electron chi connectivity index (χ0n) is 14.8. The molecule has 0 saturated heterocycles. The molecule has 3 rings (SSSR count). The summed E-state index contributed by atoms with van der Waals surface area (Å²) < 4.78 is 4.97. The highest BCUT2D eigenvalue weighted by Crippen LogP contribution is 2.38. The zero-order valence-corrected chi connectivity index (χ0v) is 16.4. The number of esters is 1. The van der Waals surface area contributed by atoms with Crippen LogP contribution < -0.4 is 5.32 Å². The van der Waals surface area contributed by atoms with Crippen molar-refractivity contribution < 1.29 is 14.3 Å². The quantitative estimate of drug-likeness (QED) is 0.362. The number of carbonyl (C=O) groups excluding carboxylic acids is 2. The largest absolute Gasteiger partial charge is 0.465 e. The molecule has 0 aromatic carbocycles. The Bertz CT molecular complexity index is 792. The number of rotatable bonds is 5. The normalized spacial score (nSPS) is 14.8. The van der Waals surface area contributed by atoms with Gasteiger partial charge in [0.05, 0.1) is 17.9 Å². The van der Waals surface area contributed by atoms with Crippen molar-refractivity contribution in [2.45, 2.75) is 49.4 Å². The van der Waals surface area contributed by atoms with Crippen LogP contribution in [0.15, 0.2) is 23.6 Å². The molecule has 1 aliphatic carbocycles. The Morgan fingerprint density at radius 1 is 1.23 bits per heavy atom. The van der Waals surface area contributed by atoms with Gasteiger partial charge >= 0.3 is 5.97 Å². The van der Waals surface area contributed by atoms with Gasteiger partial charge in [-0.25, -0.2) is 14.8 Å². The third-order valence-corrected chi connectivity index (χ3v) is 6.44. The number of thioether (sulfide) groups is 1. The maximum absolute atomic E-state index is 12.6. The summed E-state index contributed by atoms with van der Waals surface area (Å²) in [6.07, 6.45) is 8.42. The Hall–Kier alpha value is -1.93. The molecule has 0 fully saturated rings. The van der Waals surface area contributed by atoms with E-state index in [1.165, 1.54) is 35.1 Å². The third-order valence-electron chi connectivity index (χ3n) is 4.24. The number of anilines is 1. The average Bonchev–Trinajstić information content (AvgIpc) is 2.82. The number of methoxy groups -OCH3 is 1. The molecule has 0 spiro atoms. The molecular formula is C18H21N3O3S2. The summed E-state index contributed by atoms with van der Waals surface area (Å²) in [6, 6.07) is 1.73. The number of nitrogens with zero attached hydrogens (tertiary/aromatic N) is 2. The van der Waals surface area contributed by atoms with Crippen molar-refractivity contribution in [1.82, 2.24) is 9.97 Å². The Labute approximate surface area is 160 Å². The van der Waals surface area contributed by atoms with Gasteiger partial charge in [0.25, 0.3) is 0 Å². The SMILES string of the molecule is COC(=O)c1c(NC(=O)C(C)Sc2ncccn2)sc2c1CCCCC2. The topological polar surface area (TPSA) is 81.2 Å². The van der Waals surface area contributed by atoms with Crippen molar-refractivity contribution in [1.29, 1.82) is 0 Å². The number of ether oxygens (including phenoxy) is 1. The van der Waals surface area contributed by atoms with Crippen LogP contribution in [-0.2, 0) is 22.4 Å². The van der Waals surface area contributed by atoms with Crippen LogP contribution in [0.2, 0.25) is 0 Å². The van der Waals surface area contributed by atoms with Gasteiger partial charge in [-0.1, -0.05) is 18.2 Å². The van der Waals surface area contributed by atoms with Crippen molar-refractivity contribution in [3.63, 3.8) is 0 Å². The summed E-state index contributed by atoms with van der Waals surface area (Å²) in [5.41, 5.74) is 1.57. The highest BCUT2D eigenvalue weighted by molar-refractivity contribution is 8.00. The van der Waals surface area contributed by atoms with E-state index in [2.05, 4.69) is 15.3 Å². The van der Waals surface area contributed by atoms with Gasteiger partial charge in [-0.15, -0.1) is 11.3 Å². The molecule has 2 aromatic heterocycles. The predicted octanol–water partition coefficient (Wildman–Crippen LogP) is 3.71. The molecule has 2 heterocycles. The molecule has 138 valence electrons. The maximum Gasteiger partial charge on any atom is 0.341 e. The summed E-state index contributed by atoms with van der Waals surface area (Å²) in [4.78, 5) is 34.4. The van der Waals surface area contributed by atoms with E-state index in [9.17, 15) is 9.59 Å². The van der Waals surface area contributed by atoms with E-state index in [-0.39, 0.29) is 17.1 Å². The van der Waals surface area contributed by atoms with E-state index in [4.69, 9.17) is 4.74 Å². The number of fused-ring (bicyclic) bond motifs is 1. The van der Waals surface area contributed by atoms with Crippen molar-refractivity contribution in [3.05, 3.63) is 34.5 Å². The minimum atomic E-state index is -0.384. The average molecular weight is 392 g/mol. The minimum Gasteiger partial charge on any atom is -0.465 e. The fraction of sp³-hybridized carbons (Fsp3) is 0.444. The van der Waals surface area contributed by atoms with Gasteiger partial charge in [0.1, 0.15) is 5.00 Å². The highest BCUT2D eigenvalue weighted by atomic mass is 32.2. The van der Waals surface area contributed by atoms with Gasteiger partial charge in [-0.2, -0.15) is 0 Å². The summed E-state index contributed by atoms with van der Waals surface area (Å²) in [5, 5.41) is 3.68. The molecule has 1 unspecified atom stereocenters. The molecule has 8 heteroatoms. The van der Waals surface area contributed by atoms with Crippen molar-refractivity contribution >= 4 is 40.0 Å². The molecule has 1 N–H and O–H groups in total. The standard InChI is InChI=1S/C18H21N3O3S2/c1-11(25-18-19-9-6-10-20-18)15(22)21-16-14(17(23)24-2)12-7-4-3-5-8-13(12)26-16/h6,9-11H,3-5,7-8H2,1-2H3,(H,21,22). The molecule has 1 atom stereocenters. The van der Waals surface area contributed by atoms with Gasteiger partial charge in [0, 0.05) is 17.3 Å². The lowest BCUT2D eigenvalue weighted by Crippen LogP contribution is -2.23. The van der Waals surface area contributed by atoms with E-state index in [1.54, 1.807) is 25.4 Å². The monoisotopic (exact) mass is 391 g/mol. The van der Waals surface area contributed by atoms with E-state index in [0.29, 0.717) is 15.7 Å². The lowest BCUT2D eigenvalue weighted by atomic mass is 10.1. The lowest BCUT2D eigenvalue weighted by Gasteiger charge is -2.11. The number of carbonyl (C=O) groups is 2. The van der Waals surface area contributed by atoms with Crippen LogP contribution in [-0.4, -0.2) is 34.2 Å². The molecule has 0 aliphatic heterocycles. The number of amides is 1. The molecule has 0 bridgehead atoms. The smallest absolute Gasteiger partial charge is 0.341 e. The van der Waals surface area contributed by atoms with E-state index in [1.807, 2.05) is 0 Å². The molecule has 2 aromatic rings. The van der Waals surface area contributed by atoms with Crippen LogP contribution in [0.1, 0.15) is 47.0 Å². The first-order chi connectivity index (χ1) is 12.6. The Balaban J connectivity index is 1.80. The molecule has 1 aliphatic rings. The van der Waals surface area contributed by atoms with Crippen molar-refractivity contribution in [3.8, 4) is 0 Å². The number of hydrogen-bond donors (Lipinski definition) is 1. The number of nitrogens with one attached hydrogen (secondary N) is 1. The van der Waals surface area contributed by atoms with Gasteiger partial charge in [-0.05, 0) is 44.2 Å². The van der Waals surface area contributed by atoms with Crippen molar-refractivity contribution in [2.75, 3.05) is 12.4 Å². The van der Waals surface area contributed by atoms with Crippen LogP contribution in [0.4, 0.5) is 5.00 Å². The van der Waals surface area contributed by atoms with Gasteiger partial charge in [0.2, 0.25) is 5.91 Å². The first-order valence-corrected chi connectivity index (χ1v) is 10.3. The second-order valence-electron chi connectivity index (χ2n) is 6.04. The van der Waals surface area contributed by atoms with E-state index < -0.39 is 0 Å². The second kappa shape index (κ2) is 8.64. The first-order valence-electron chi connectivity index (χ1n) is 8.57. The lowest BCUT2D eigenvalue weighted by molar-refractivity contribution is -0.115. The second-order valence-corrected chi connectivity index (χ2v) is 8.45. The Morgan fingerprint density at radius 3 is 2.69 bits per heavy atom. The van der Waals surface area contributed by atoms with Crippen LogP contribution in [0.3, 0.4) is 0 Å². The fourth-order valence-corrected chi connectivity index (χ4v) is 4.93. The number of aryl methyl sites for hydroxylation is 1. The summed E-state index contributed by atoms with van der Waals surface area (Å²) in [5.74, 6) is -0.560. The first kappa shape index (κ1) is 18.8. The van der Waals surface area contributed by atoms with Crippen LogP contribution >= 0.6 is 23.1 Å². The zero-order chi connectivity index (χ0) is 18.5. The molecule has 26 heavy (non-hydrogen) atoms. The van der Waals surface area contributed by atoms with Crippen molar-refractivity contribution in [2.24, 2.45) is 0 Å². The molecule has 1 amide bonds. The van der Waals surface area contributed by atoms with Crippen LogP contribution in [0.5, 0.6) is 0 Å². The molecule has 6 nitrogen and oxygen atoms in total. The molecule has 0 saturated carbocycles. The van der Waals surface area contributed by atoms with E-state index in [0.717, 1.165) is 37.7 Å². The number of hydrogen-bond acceptors (Lipinski definition) is 7. The molecule has 0 radical (unpaired) electrons. The predicted molar refractivity (Wildman–Crippen MR) is 103 cm³/mol. The summed E-state index contributed by atoms with van der Waals surface area (Å²) >= 11 is 2.78. The maximum atomic E-state index is 12.6. The van der Waals surface area contributed by atoms with Crippen LogP contribution in [0.25, 0.3) is 0 Å². The number of thiophene rings is 1. The van der Waals surface area contributed by atoms with Gasteiger partial charge < -0.3 is 10.1 Å². The molecular weight excluding hydrogens is 370 g/mol. The van der Waals surface area contributed by atoms with E-state index >= 15 is 0 Å². The Morgan fingerprint density at radius 2 is 1.96 bits per heavy atom. The van der Waals surface area contributed by atoms with Gasteiger partial charge in [0.15, 0.2) is 5.16 Å². The third kappa shape index (κ3) is 4.24. The Kier molecular flexibility index (Phi) is 6.26. The fourth-order valence-electron chi connectivity index (χ4n) is 2.92. The number of aromatic nitrogens is 2. The summed E-state index contributed by atoms with van der Waals surface area (Å²) in [6.45, 7) is 1.80. The van der Waals surface area contributed by atoms with Crippen LogP contribution in [0, 0.1) is 0 Å². The van der Waals surface area contributed by atoms with Gasteiger partial charge in [-0.3, -0.25) is 4.79 Å².